The molecular weight excluding hydrogens is 129 g/mol. The summed E-state index contributed by atoms with van der Waals surface area (Å²) in [5, 5.41) is 0. The molecule has 0 fully saturated rings. The fourth-order valence-electron chi connectivity index (χ4n) is 0.220. The molecule has 0 bridgehead atoms. The van der Waals surface area contributed by atoms with Crippen LogP contribution in [0.1, 0.15) is 0 Å². The van der Waals surface area contributed by atoms with Crippen LogP contribution in [-0.4, -0.2) is 25.2 Å². The molecular formula is C4H6FNO3. The molecule has 5 heteroatoms. The number of halogens is 1. The van der Waals surface area contributed by atoms with Crippen molar-refractivity contribution in [3.8, 4) is 0 Å². The van der Waals surface area contributed by atoms with Crippen molar-refractivity contribution in [1.82, 2.24) is 0 Å². The lowest BCUT2D eigenvalue weighted by atomic mass is 10.4. The zero-order chi connectivity index (χ0) is 7.44. The van der Waals surface area contributed by atoms with E-state index >= 15 is 0 Å². The van der Waals surface area contributed by atoms with Gasteiger partial charge in [-0.05, 0) is 0 Å². The summed E-state index contributed by atoms with van der Waals surface area (Å²) in [6.45, 7) is 0. The quantitative estimate of drug-likeness (QED) is 0.389. The molecule has 9 heavy (non-hydrogen) atoms. The molecule has 1 unspecified atom stereocenters. The molecule has 0 aliphatic heterocycles. The third-order valence-electron chi connectivity index (χ3n) is 0.658. The summed E-state index contributed by atoms with van der Waals surface area (Å²) in [5.74, 6) is -2.59. The molecule has 0 rings (SSSR count). The van der Waals surface area contributed by atoms with E-state index in [2.05, 4.69) is 10.5 Å². The lowest BCUT2D eigenvalue weighted by Gasteiger charge is -1.98. The lowest BCUT2D eigenvalue weighted by molar-refractivity contribution is -0.150. The summed E-state index contributed by atoms with van der Waals surface area (Å²) in [6.07, 6.45) is -2.34. The van der Waals surface area contributed by atoms with Gasteiger partial charge in [-0.25, -0.2) is 9.18 Å². The van der Waals surface area contributed by atoms with E-state index in [1.807, 2.05) is 0 Å². The van der Waals surface area contributed by atoms with Crippen LogP contribution in [0.15, 0.2) is 0 Å². The highest BCUT2D eigenvalue weighted by atomic mass is 19.1. The fraction of sp³-hybridized carbons (Fsp3) is 0.500. The summed E-state index contributed by atoms with van der Waals surface area (Å²) in [7, 11) is 0.970. The van der Waals surface area contributed by atoms with Gasteiger partial charge in [-0.1, -0.05) is 0 Å². The molecule has 0 aromatic carbocycles. The molecule has 0 spiro atoms. The molecule has 0 aromatic heterocycles. The Morgan fingerprint density at radius 3 is 2.22 bits per heavy atom. The van der Waals surface area contributed by atoms with Crippen molar-refractivity contribution in [3.05, 3.63) is 0 Å². The molecule has 52 valence electrons. The number of nitrogens with two attached hydrogens (primary N) is 1. The van der Waals surface area contributed by atoms with Crippen LogP contribution in [0.4, 0.5) is 4.39 Å². The van der Waals surface area contributed by atoms with Gasteiger partial charge in [0.2, 0.25) is 0 Å². The van der Waals surface area contributed by atoms with Gasteiger partial charge in [0.25, 0.3) is 12.1 Å². The second-order valence-corrected chi connectivity index (χ2v) is 1.29. The smallest absolute Gasteiger partial charge is 0.350 e. The zero-order valence-corrected chi connectivity index (χ0v) is 4.76. The molecule has 0 saturated carbocycles. The van der Waals surface area contributed by atoms with E-state index in [-0.39, 0.29) is 0 Å². The maximum Gasteiger partial charge on any atom is 0.350 e. The fourth-order valence-corrected chi connectivity index (χ4v) is 0.220. The normalized spacial score (nSPS) is 12.2. The van der Waals surface area contributed by atoms with E-state index in [0.717, 1.165) is 7.11 Å². The average Bonchev–Trinajstić information content (AvgIpc) is 1.84. The second kappa shape index (κ2) is 3.01. The summed E-state index contributed by atoms with van der Waals surface area (Å²) < 4.78 is 15.8. The number of methoxy groups -OCH3 is 1. The van der Waals surface area contributed by atoms with Crippen LogP contribution in [0.3, 0.4) is 0 Å². The largest absolute Gasteiger partial charge is 0.466 e. The van der Waals surface area contributed by atoms with Crippen molar-refractivity contribution >= 4 is 11.9 Å². The van der Waals surface area contributed by atoms with E-state index in [0.29, 0.717) is 0 Å². The second-order valence-electron chi connectivity index (χ2n) is 1.29. The monoisotopic (exact) mass is 135 g/mol. The number of alkyl halides is 1. The van der Waals surface area contributed by atoms with Gasteiger partial charge in [0.1, 0.15) is 0 Å². The molecule has 0 saturated heterocycles. The molecule has 0 aromatic rings. The molecule has 0 aliphatic rings. The van der Waals surface area contributed by atoms with Crippen molar-refractivity contribution in [2.24, 2.45) is 5.73 Å². The minimum Gasteiger partial charge on any atom is -0.466 e. The maximum absolute atomic E-state index is 12.0. The van der Waals surface area contributed by atoms with E-state index < -0.39 is 18.0 Å². The third-order valence-corrected chi connectivity index (χ3v) is 0.658. The van der Waals surface area contributed by atoms with E-state index in [9.17, 15) is 14.0 Å². The number of rotatable bonds is 2. The van der Waals surface area contributed by atoms with Crippen molar-refractivity contribution < 1.29 is 18.7 Å². The summed E-state index contributed by atoms with van der Waals surface area (Å²) in [5.41, 5.74) is 4.40. The third kappa shape index (κ3) is 2.07. The summed E-state index contributed by atoms with van der Waals surface area (Å²) in [4.78, 5) is 19.9. The predicted octanol–water partition coefficient (Wildman–Crippen LogP) is -1.02. The number of ether oxygens (including phenoxy) is 1. The minimum absolute atomic E-state index is 0.970. The average molecular weight is 135 g/mol. The Labute approximate surface area is 50.8 Å². The SMILES string of the molecule is COC(=O)C(F)C(N)=O. The molecule has 0 heterocycles. The van der Waals surface area contributed by atoms with Crippen LogP contribution in [0.25, 0.3) is 0 Å². The first kappa shape index (κ1) is 7.87. The summed E-state index contributed by atoms with van der Waals surface area (Å²) >= 11 is 0. The van der Waals surface area contributed by atoms with Gasteiger partial charge in [0, 0.05) is 0 Å². The maximum atomic E-state index is 12.0. The topological polar surface area (TPSA) is 69.4 Å². The first-order valence-electron chi connectivity index (χ1n) is 2.10. The van der Waals surface area contributed by atoms with Gasteiger partial charge in [-0.15, -0.1) is 0 Å². The van der Waals surface area contributed by atoms with Gasteiger partial charge in [0.05, 0.1) is 7.11 Å². The van der Waals surface area contributed by atoms with E-state index in [1.165, 1.54) is 0 Å². The highest BCUT2D eigenvalue weighted by molar-refractivity contribution is 5.99. The first-order valence-corrected chi connectivity index (χ1v) is 2.10. The van der Waals surface area contributed by atoms with Gasteiger partial charge < -0.3 is 10.5 Å². The highest BCUT2D eigenvalue weighted by Gasteiger charge is 2.23. The van der Waals surface area contributed by atoms with Gasteiger partial charge in [0.15, 0.2) is 0 Å². The molecule has 4 nitrogen and oxygen atoms in total. The predicted molar refractivity (Wildman–Crippen MR) is 26.1 cm³/mol. The Hall–Kier alpha value is -1.13. The van der Waals surface area contributed by atoms with Crippen molar-refractivity contribution in [2.75, 3.05) is 7.11 Å². The van der Waals surface area contributed by atoms with Crippen molar-refractivity contribution in [2.45, 2.75) is 6.17 Å². The number of primary amides is 1. The van der Waals surface area contributed by atoms with Crippen LogP contribution in [-0.2, 0) is 14.3 Å². The van der Waals surface area contributed by atoms with Crippen LogP contribution in [0.2, 0.25) is 0 Å². The number of carbonyl (C=O) groups is 2. The number of carbonyl (C=O) groups excluding carboxylic acids is 2. The molecule has 1 amide bonds. The summed E-state index contributed by atoms with van der Waals surface area (Å²) in [6, 6.07) is 0. The Balaban J connectivity index is 3.88. The lowest BCUT2D eigenvalue weighted by Crippen LogP contribution is -2.32. The van der Waals surface area contributed by atoms with Gasteiger partial charge >= 0.3 is 5.97 Å². The molecule has 0 radical (unpaired) electrons. The van der Waals surface area contributed by atoms with Crippen LogP contribution < -0.4 is 5.73 Å². The Morgan fingerprint density at radius 1 is 1.67 bits per heavy atom. The number of hydrogen-bond acceptors (Lipinski definition) is 3. The van der Waals surface area contributed by atoms with Crippen molar-refractivity contribution in [1.29, 1.82) is 0 Å². The van der Waals surface area contributed by atoms with Crippen LogP contribution >= 0.6 is 0 Å². The highest BCUT2D eigenvalue weighted by Crippen LogP contribution is 1.90. The first-order chi connectivity index (χ1) is 4.09. The minimum atomic E-state index is -2.34. The Morgan fingerprint density at radius 2 is 2.11 bits per heavy atom. The number of esters is 1. The van der Waals surface area contributed by atoms with Crippen LogP contribution in [0.5, 0.6) is 0 Å². The van der Waals surface area contributed by atoms with E-state index in [1.54, 1.807) is 0 Å². The molecule has 0 aliphatic carbocycles. The Bertz CT molecular complexity index is 136. The Kier molecular flexibility index (Phi) is 2.63. The molecule has 2 N–H and O–H groups in total. The number of hydrogen-bond donors (Lipinski definition) is 1. The number of amides is 1. The standard InChI is InChI=1S/C4H6FNO3/c1-9-4(8)2(5)3(6)7/h2H,1H3,(H2,6,7). The zero-order valence-electron chi connectivity index (χ0n) is 4.76. The molecule has 1 atom stereocenters. The van der Waals surface area contributed by atoms with Gasteiger partial charge in [-0.3, -0.25) is 4.79 Å². The van der Waals surface area contributed by atoms with Crippen LogP contribution in [0, 0.1) is 0 Å². The van der Waals surface area contributed by atoms with Gasteiger partial charge in [-0.2, -0.15) is 0 Å². The van der Waals surface area contributed by atoms with Crippen molar-refractivity contribution in [3.63, 3.8) is 0 Å². The van der Waals surface area contributed by atoms with E-state index in [4.69, 9.17) is 0 Å².